The summed E-state index contributed by atoms with van der Waals surface area (Å²) in [6.07, 6.45) is 0. The number of para-hydroxylation sites is 1. The molecule has 0 saturated heterocycles. The van der Waals surface area contributed by atoms with Gasteiger partial charge in [-0.15, -0.1) is 12.1 Å². The molecule has 46 valence electrons. The Hall–Kier alpha value is -0.240. The zero-order valence-corrected chi connectivity index (χ0v) is 6.22. The average molecular weight is 290 g/mol. The minimum Gasteiger partial charge on any atom is -0.534 e. The normalized spacial score (nSPS) is 7.50. The van der Waals surface area contributed by atoms with Gasteiger partial charge in [-0.1, -0.05) is 0 Å². The molecule has 0 atom stereocenters. The van der Waals surface area contributed by atoms with E-state index in [2.05, 4.69) is 6.07 Å². The molecule has 0 fully saturated rings. The number of rotatable bonds is 0. The molecule has 1 nitrogen and oxygen atoms in total. The predicted molar refractivity (Wildman–Crippen MR) is 26.9 cm³/mol. The Morgan fingerprint density at radius 3 is 2.38 bits per heavy atom. The Morgan fingerprint density at radius 2 is 2.12 bits per heavy atom. The Kier molecular flexibility index (Phi) is 3.61. The average Bonchev–Trinajstić information content (AvgIpc) is 1.69. The monoisotopic (exact) mass is 290 g/mol. The molecule has 8 heavy (non-hydrogen) atoms. The second kappa shape index (κ2) is 3.72. The first kappa shape index (κ1) is 7.76. The van der Waals surface area contributed by atoms with Crippen molar-refractivity contribution in [2.45, 2.75) is 0 Å². The first-order chi connectivity index (χ1) is 3.39. The van der Waals surface area contributed by atoms with E-state index in [-0.39, 0.29) is 28.1 Å². The SMILES string of the molecule is Oc1[c-]cccc1.[Au+]. The Bertz CT molecular complexity index is 138. The van der Waals surface area contributed by atoms with Crippen molar-refractivity contribution < 1.29 is 27.5 Å². The summed E-state index contributed by atoms with van der Waals surface area (Å²) in [5, 5.41) is 8.58. The van der Waals surface area contributed by atoms with Crippen LogP contribution in [0.15, 0.2) is 24.3 Å². The minimum absolute atomic E-state index is 0. The van der Waals surface area contributed by atoms with Gasteiger partial charge < -0.3 is 5.11 Å². The van der Waals surface area contributed by atoms with Crippen LogP contribution >= 0.6 is 0 Å². The molecule has 0 amide bonds. The molecule has 0 saturated carbocycles. The summed E-state index contributed by atoms with van der Waals surface area (Å²) in [5.74, 6) is 0.197. The first-order valence-electron chi connectivity index (χ1n) is 2.05. The van der Waals surface area contributed by atoms with Crippen molar-refractivity contribution >= 4 is 0 Å². The van der Waals surface area contributed by atoms with Crippen LogP contribution in [-0.2, 0) is 22.4 Å². The van der Waals surface area contributed by atoms with Crippen LogP contribution in [0, 0.1) is 6.07 Å². The molecule has 1 rings (SSSR count). The van der Waals surface area contributed by atoms with Crippen molar-refractivity contribution in [1.29, 1.82) is 0 Å². The number of hydrogen-bond donors (Lipinski definition) is 1. The molecule has 1 aromatic rings. The van der Waals surface area contributed by atoms with E-state index in [0.717, 1.165) is 0 Å². The van der Waals surface area contributed by atoms with Crippen LogP contribution < -0.4 is 0 Å². The third-order valence-corrected chi connectivity index (χ3v) is 0.693. The number of phenolic OH excluding ortho intramolecular Hbond substituents is 1. The molecule has 0 aromatic heterocycles. The van der Waals surface area contributed by atoms with E-state index in [4.69, 9.17) is 5.11 Å². The Morgan fingerprint density at radius 1 is 1.38 bits per heavy atom. The van der Waals surface area contributed by atoms with Gasteiger partial charge >= 0.3 is 22.4 Å². The number of hydrogen-bond acceptors (Lipinski definition) is 1. The summed E-state index contributed by atoms with van der Waals surface area (Å²) in [6.45, 7) is 0. The zero-order chi connectivity index (χ0) is 5.11. The molecule has 1 N–H and O–H groups in total. The van der Waals surface area contributed by atoms with E-state index in [1.807, 2.05) is 0 Å². The Labute approximate surface area is 63.9 Å². The zero-order valence-electron chi connectivity index (χ0n) is 4.06. The van der Waals surface area contributed by atoms with Crippen LogP contribution in [0.25, 0.3) is 0 Å². The van der Waals surface area contributed by atoms with Gasteiger partial charge in [-0.05, 0) is 0 Å². The summed E-state index contributed by atoms with van der Waals surface area (Å²) in [5.41, 5.74) is 0. The summed E-state index contributed by atoms with van der Waals surface area (Å²) >= 11 is 0. The van der Waals surface area contributed by atoms with Gasteiger partial charge in [0.25, 0.3) is 0 Å². The van der Waals surface area contributed by atoms with Gasteiger partial charge in [-0.2, -0.15) is 18.2 Å². The molecule has 0 aliphatic rings. The van der Waals surface area contributed by atoms with Gasteiger partial charge in [0.1, 0.15) is 0 Å². The second-order valence-electron chi connectivity index (χ2n) is 1.25. The van der Waals surface area contributed by atoms with Gasteiger partial charge in [0.15, 0.2) is 0 Å². The van der Waals surface area contributed by atoms with E-state index in [0.29, 0.717) is 0 Å². The van der Waals surface area contributed by atoms with Crippen LogP contribution in [0.5, 0.6) is 5.75 Å². The van der Waals surface area contributed by atoms with Gasteiger partial charge in [0.05, 0.1) is 0 Å². The maximum absolute atomic E-state index is 8.58. The fourth-order valence-corrected chi connectivity index (χ4v) is 0.384. The molecule has 0 unspecified atom stereocenters. The maximum atomic E-state index is 8.58. The predicted octanol–water partition coefficient (Wildman–Crippen LogP) is 1.19. The number of phenols is 1. The molecular formula is C6H5AuO. The summed E-state index contributed by atoms with van der Waals surface area (Å²) in [7, 11) is 0. The molecule has 1 aromatic carbocycles. The smallest absolute Gasteiger partial charge is 0.534 e. The summed E-state index contributed by atoms with van der Waals surface area (Å²) in [6, 6.07) is 9.39. The van der Waals surface area contributed by atoms with Crippen molar-refractivity contribution in [2.24, 2.45) is 0 Å². The van der Waals surface area contributed by atoms with Crippen LogP contribution in [-0.4, -0.2) is 5.11 Å². The number of benzene rings is 1. The van der Waals surface area contributed by atoms with Crippen LogP contribution in [0.4, 0.5) is 0 Å². The van der Waals surface area contributed by atoms with Crippen molar-refractivity contribution in [2.75, 3.05) is 0 Å². The van der Waals surface area contributed by atoms with Gasteiger partial charge in [-0.25, -0.2) is 0 Å². The molecule has 0 aliphatic heterocycles. The molecule has 0 heterocycles. The van der Waals surface area contributed by atoms with Crippen molar-refractivity contribution in [3.05, 3.63) is 30.3 Å². The molecule has 0 spiro atoms. The van der Waals surface area contributed by atoms with Gasteiger partial charge in [0, 0.05) is 5.75 Å². The van der Waals surface area contributed by atoms with Crippen molar-refractivity contribution in [3.8, 4) is 5.75 Å². The Balaban J connectivity index is 0.000000490. The maximum Gasteiger partial charge on any atom is 1.00 e. The van der Waals surface area contributed by atoms with Crippen LogP contribution in [0.3, 0.4) is 0 Å². The van der Waals surface area contributed by atoms with E-state index in [1.54, 1.807) is 24.3 Å². The largest absolute Gasteiger partial charge is 1.00 e. The fourth-order valence-electron chi connectivity index (χ4n) is 0.384. The molecule has 0 aliphatic carbocycles. The quantitative estimate of drug-likeness (QED) is 0.562. The standard InChI is InChI=1S/C6H5O.Au/c7-6-4-2-1-3-5-6;/h1-4,7H;/q-1;+1. The van der Waals surface area contributed by atoms with E-state index in [1.165, 1.54) is 0 Å². The molecule has 0 radical (unpaired) electrons. The third-order valence-electron chi connectivity index (χ3n) is 0.693. The summed E-state index contributed by atoms with van der Waals surface area (Å²) < 4.78 is 0. The van der Waals surface area contributed by atoms with E-state index >= 15 is 0 Å². The van der Waals surface area contributed by atoms with Gasteiger partial charge in [-0.3, -0.25) is 0 Å². The van der Waals surface area contributed by atoms with Crippen LogP contribution in [0.1, 0.15) is 0 Å². The molecule has 0 bridgehead atoms. The van der Waals surface area contributed by atoms with E-state index in [9.17, 15) is 0 Å². The topological polar surface area (TPSA) is 20.2 Å². The third kappa shape index (κ3) is 2.17. The van der Waals surface area contributed by atoms with Gasteiger partial charge in [0.2, 0.25) is 0 Å². The number of aromatic hydroxyl groups is 1. The minimum atomic E-state index is 0. The van der Waals surface area contributed by atoms with E-state index < -0.39 is 0 Å². The first-order valence-corrected chi connectivity index (χ1v) is 2.05. The van der Waals surface area contributed by atoms with Crippen LogP contribution in [0.2, 0.25) is 0 Å². The molecular weight excluding hydrogens is 285 g/mol. The summed E-state index contributed by atoms with van der Waals surface area (Å²) in [4.78, 5) is 0. The van der Waals surface area contributed by atoms with Crippen molar-refractivity contribution in [3.63, 3.8) is 0 Å². The molecule has 2 heteroatoms. The van der Waals surface area contributed by atoms with Crippen molar-refractivity contribution in [1.82, 2.24) is 0 Å². The second-order valence-corrected chi connectivity index (χ2v) is 1.25. The fraction of sp³-hybridized carbons (Fsp3) is 0.